The van der Waals surface area contributed by atoms with Crippen LogP contribution in [0.25, 0.3) is 0 Å². The van der Waals surface area contributed by atoms with E-state index < -0.39 is 11.8 Å². The van der Waals surface area contributed by atoms with Crippen LogP contribution in [-0.2, 0) is 0 Å². The molecule has 21 heavy (non-hydrogen) atoms. The fourth-order valence-electron chi connectivity index (χ4n) is 1.51. The predicted octanol–water partition coefficient (Wildman–Crippen LogP) is 4.25. The van der Waals surface area contributed by atoms with Crippen LogP contribution in [0.5, 0.6) is 5.75 Å². The Balaban J connectivity index is 0.00000106. The van der Waals surface area contributed by atoms with Crippen molar-refractivity contribution in [2.24, 2.45) is 0 Å². The van der Waals surface area contributed by atoms with Crippen molar-refractivity contribution < 1.29 is 13.9 Å². The molecule has 0 unspecified atom stereocenters. The Morgan fingerprint density at radius 3 is 2.29 bits per heavy atom. The minimum Gasteiger partial charge on any atom is -0.423 e. The average Bonchev–Trinajstić information content (AvgIpc) is 2.50. The van der Waals surface area contributed by atoms with Gasteiger partial charge in [0, 0.05) is 6.07 Å². The zero-order chi connectivity index (χ0) is 15.8. The first-order valence-electron chi connectivity index (χ1n) is 6.58. The molecule has 3 nitrogen and oxygen atoms in total. The van der Waals surface area contributed by atoms with Gasteiger partial charge in [0.2, 0.25) is 0 Å². The Morgan fingerprint density at radius 2 is 1.76 bits per heavy atom. The van der Waals surface area contributed by atoms with Crippen molar-refractivity contribution in [1.29, 1.82) is 5.26 Å². The van der Waals surface area contributed by atoms with Gasteiger partial charge in [0.15, 0.2) is 0 Å². The minimum absolute atomic E-state index is 0.0714. The highest BCUT2D eigenvalue weighted by Crippen LogP contribution is 2.17. The van der Waals surface area contributed by atoms with E-state index in [0.29, 0.717) is 5.56 Å². The molecule has 0 aliphatic rings. The van der Waals surface area contributed by atoms with Crippen LogP contribution < -0.4 is 4.74 Å². The minimum atomic E-state index is -0.711. The zero-order valence-corrected chi connectivity index (χ0v) is 12.2. The summed E-state index contributed by atoms with van der Waals surface area (Å²) in [7, 11) is 0. The molecule has 0 heterocycles. The summed E-state index contributed by atoms with van der Waals surface area (Å²) in [5, 5.41) is 8.60. The highest BCUT2D eigenvalue weighted by Gasteiger charge is 2.10. The van der Waals surface area contributed by atoms with Crippen LogP contribution in [0.4, 0.5) is 4.39 Å². The van der Waals surface area contributed by atoms with Crippen molar-refractivity contribution in [2.75, 3.05) is 0 Å². The number of nitrogens with zero attached hydrogens (tertiary/aromatic N) is 1. The lowest BCUT2D eigenvalue weighted by molar-refractivity contribution is 0.0734. The number of nitriles is 1. The predicted molar refractivity (Wildman–Crippen MR) is 78.6 cm³/mol. The summed E-state index contributed by atoms with van der Waals surface area (Å²) < 4.78 is 18.4. The van der Waals surface area contributed by atoms with Gasteiger partial charge < -0.3 is 4.74 Å². The van der Waals surface area contributed by atoms with Gasteiger partial charge in [0.1, 0.15) is 17.6 Å². The highest BCUT2D eigenvalue weighted by atomic mass is 19.1. The maximum absolute atomic E-state index is 13.3. The van der Waals surface area contributed by atoms with Crippen LogP contribution in [0.1, 0.15) is 35.3 Å². The Hall–Kier alpha value is -2.67. The van der Waals surface area contributed by atoms with Crippen LogP contribution in [0.15, 0.2) is 42.5 Å². The van der Waals surface area contributed by atoms with Gasteiger partial charge in [0.05, 0.1) is 11.1 Å². The lowest BCUT2D eigenvalue weighted by Gasteiger charge is -2.05. The lowest BCUT2D eigenvalue weighted by atomic mass is 10.1. The molecule has 2 aromatic carbocycles. The van der Waals surface area contributed by atoms with Crippen molar-refractivity contribution in [3.63, 3.8) is 0 Å². The number of aryl methyl sites for hydroxylation is 1. The van der Waals surface area contributed by atoms with E-state index in [1.54, 1.807) is 30.3 Å². The van der Waals surface area contributed by atoms with Gasteiger partial charge in [-0.1, -0.05) is 31.5 Å². The number of carbonyl (C=O) groups is 1. The second-order valence-electron chi connectivity index (χ2n) is 4.01. The van der Waals surface area contributed by atoms with Crippen molar-refractivity contribution in [3.05, 3.63) is 65.0 Å². The van der Waals surface area contributed by atoms with E-state index in [9.17, 15) is 9.18 Å². The molecular weight excluding hydrogens is 269 g/mol. The van der Waals surface area contributed by atoms with Crippen LogP contribution >= 0.6 is 0 Å². The lowest BCUT2D eigenvalue weighted by Crippen LogP contribution is -2.08. The van der Waals surface area contributed by atoms with E-state index in [1.165, 1.54) is 12.1 Å². The first-order chi connectivity index (χ1) is 10.1. The van der Waals surface area contributed by atoms with E-state index in [4.69, 9.17) is 10.00 Å². The van der Waals surface area contributed by atoms with Crippen molar-refractivity contribution >= 4 is 5.97 Å². The topological polar surface area (TPSA) is 50.1 Å². The standard InChI is InChI=1S/C15H10FNO2.C2H6/c1-10-2-4-11(5-3-10)15(18)19-13-7-6-12(9-17)14(16)8-13;1-2/h2-8H,1H3;1-2H3. The van der Waals surface area contributed by atoms with Crippen molar-refractivity contribution in [1.82, 2.24) is 0 Å². The van der Waals surface area contributed by atoms with Gasteiger partial charge in [-0.2, -0.15) is 5.26 Å². The molecule has 0 amide bonds. The van der Waals surface area contributed by atoms with Crippen LogP contribution in [0.2, 0.25) is 0 Å². The van der Waals surface area contributed by atoms with Gasteiger partial charge >= 0.3 is 5.97 Å². The number of esters is 1. The van der Waals surface area contributed by atoms with E-state index in [-0.39, 0.29) is 11.3 Å². The largest absolute Gasteiger partial charge is 0.423 e. The number of ether oxygens (including phenoxy) is 1. The Labute approximate surface area is 123 Å². The molecule has 0 radical (unpaired) electrons. The number of carbonyl (C=O) groups excluding carboxylic acids is 1. The summed E-state index contributed by atoms with van der Waals surface area (Å²) in [5.74, 6) is -1.21. The third-order valence-electron chi connectivity index (χ3n) is 2.56. The first-order valence-corrected chi connectivity index (χ1v) is 6.58. The third kappa shape index (κ3) is 4.43. The number of rotatable bonds is 2. The monoisotopic (exact) mass is 285 g/mol. The summed E-state index contributed by atoms with van der Waals surface area (Å²) in [5.41, 5.74) is 1.33. The van der Waals surface area contributed by atoms with E-state index >= 15 is 0 Å². The molecule has 0 aliphatic heterocycles. The van der Waals surface area contributed by atoms with Gasteiger partial charge in [-0.05, 0) is 31.2 Å². The second-order valence-corrected chi connectivity index (χ2v) is 4.01. The van der Waals surface area contributed by atoms with E-state index in [1.807, 2.05) is 20.8 Å². The molecular formula is C17H16FNO2. The molecule has 0 aromatic heterocycles. The fraction of sp³-hybridized carbons (Fsp3) is 0.176. The fourth-order valence-corrected chi connectivity index (χ4v) is 1.51. The smallest absolute Gasteiger partial charge is 0.343 e. The quantitative estimate of drug-likeness (QED) is 0.612. The molecule has 4 heteroatoms. The SMILES string of the molecule is CC.Cc1ccc(C(=O)Oc2ccc(C#N)c(F)c2)cc1. The normalized spacial score (nSPS) is 9.10. The molecule has 0 bridgehead atoms. The summed E-state index contributed by atoms with van der Waals surface area (Å²) in [6.07, 6.45) is 0. The van der Waals surface area contributed by atoms with Crippen LogP contribution in [-0.4, -0.2) is 5.97 Å². The molecule has 2 rings (SSSR count). The second kappa shape index (κ2) is 7.81. The molecule has 0 saturated carbocycles. The van der Waals surface area contributed by atoms with Crippen molar-refractivity contribution in [3.8, 4) is 11.8 Å². The number of hydrogen-bond donors (Lipinski definition) is 0. The van der Waals surface area contributed by atoms with Gasteiger partial charge in [0.25, 0.3) is 0 Å². The molecule has 0 saturated heterocycles. The van der Waals surface area contributed by atoms with E-state index in [2.05, 4.69) is 0 Å². The third-order valence-corrected chi connectivity index (χ3v) is 2.56. The number of halogens is 1. The summed E-state index contributed by atoms with van der Waals surface area (Å²) in [6.45, 7) is 5.91. The molecule has 0 spiro atoms. The number of hydrogen-bond acceptors (Lipinski definition) is 3. The molecule has 108 valence electrons. The Morgan fingerprint density at radius 1 is 1.14 bits per heavy atom. The molecule has 0 aliphatic carbocycles. The summed E-state index contributed by atoms with van der Waals surface area (Å²) in [4.78, 5) is 11.8. The van der Waals surface area contributed by atoms with E-state index in [0.717, 1.165) is 11.6 Å². The molecule has 0 atom stereocenters. The first kappa shape index (κ1) is 16.4. The average molecular weight is 285 g/mol. The molecule has 0 N–H and O–H groups in total. The number of benzene rings is 2. The van der Waals surface area contributed by atoms with Crippen LogP contribution in [0.3, 0.4) is 0 Å². The summed E-state index contributed by atoms with van der Waals surface area (Å²) >= 11 is 0. The van der Waals surface area contributed by atoms with Gasteiger partial charge in [-0.3, -0.25) is 0 Å². The van der Waals surface area contributed by atoms with Gasteiger partial charge in [-0.15, -0.1) is 0 Å². The summed E-state index contributed by atoms with van der Waals surface area (Å²) in [6, 6.07) is 12.2. The zero-order valence-electron chi connectivity index (χ0n) is 12.2. The Bertz CT molecular complexity index is 657. The van der Waals surface area contributed by atoms with Gasteiger partial charge in [-0.25, -0.2) is 9.18 Å². The molecule has 0 fully saturated rings. The molecule has 2 aromatic rings. The highest BCUT2D eigenvalue weighted by molar-refractivity contribution is 5.91. The Kier molecular flexibility index (Phi) is 6.09. The van der Waals surface area contributed by atoms with Crippen molar-refractivity contribution in [2.45, 2.75) is 20.8 Å². The van der Waals surface area contributed by atoms with Crippen LogP contribution in [0, 0.1) is 24.1 Å². The maximum atomic E-state index is 13.3. The maximum Gasteiger partial charge on any atom is 0.343 e.